The van der Waals surface area contributed by atoms with E-state index in [0.29, 0.717) is 10.6 Å². The van der Waals surface area contributed by atoms with Crippen LogP contribution in [0.25, 0.3) is 0 Å². The first-order valence-electron chi connectivity index (χ1n) is 5.86. The second-order valence-electron chi connectivity index (χ2n) is 3.94. The Labute approximate surface area is 120 Å². The van der Waals surface area contributed by atoms with Gasteiger partial charge in [-0.3, -0.25) is 9.59 Å². The Morgan fingerprint density at radius 3 is 2.85 bits per heavy atom. The van der Waals surface area contributed by atoms with Gasteiger partial charge in [0, 0.05) is 22.8 Å². The molecule has 0 unspecified atom stereocenters. The van der Waals surface area contributed by atoms with E-state index >= 15 is 0 Å². The van der Waals surface area contributed by atoms with E-state index in [2.05, 4.69) is 22.1 Å². The van der Waals surface area contributed by atoms with E-state index in [-0.39, 0.29) is 18.0 Å². The van der Waals surface area contributed by atoms with E-state index in [1.54, 1.807) is 12.1 Å². The highest BCUT2D eigenvalue weighted by Crippen LogP contribution is 2.09. The number of hydrogen-bond donors (Lipinski definition) is 2. The van der Waals surface area contributed by atoms with Gasteiger partial charge in [0.1, 0.15) is 0 Å². The smallest absolute Gasteiger partial charge is 0.253 e. The molecular formula is C15H11ClN2O2. The Balaban J connectivity index is 1.92. The van der Waals surface area contributed by atoms with Crippen molar-refractivity contribution in [2.75, 3.05) is 6.54 Å². The average molecular weight is 287 g/mol. The minimum Gasteiger partial charge on any atom is -0.341 e. The number of aromatic amines is 1. The Morgan fingerprint density at radius 1 is 1.30 bits per heavy atom. The summed E-state index contributed by atoms with van der Waals surface area (Å²) in [5.74, 6) is 5.43. The number of carbonyl (C=O) groups excluding carboxylic acids is 1. The predicted octanol–water partition coefficient (Wildman–Crippen LogP) is 1.81. The van der Waals surface area contributed by atoms with Crippen LogP contribution < -0.4 is 10.9 Å². The molecule has 0 spiro atoms. The lowest BCUT2D eigenvalue weighted by Crippen LogP contribution is -2.24. The van der Waals surface area contributed by atoms with E-state index in [9.17, 15) is 9.59 Å². The van der Waals surface area contributed by atoms with Crippen LogP contribution in [0.5, 0.6) is 0 Å². The quantitative estimate of drug-likeness (QED) is 0.827. The molecule has 2 N–H and O–H groups in total. The van der Waals surface area contributed by atoms with Crippen molar-refractivity contribution in [1.82, 2.24) is 10.3 Å². The molecule has 1 aromatic carbocycles. The van der Waals surface area contributed by atoms with E-state index < -0.39 is 0 Å². The van der Waals surface area contributed by atoms with E-state index in [1.807, 2.05) is 12.1 Å². The first-order chi connectivity index (χ1) is 9.65. The third kappa shape index (κ3) is 4.01. The van der Waals surface area contributed by atoms with Gasteiger partial charge >= 0.3 is 0 Å². The number of benzene rings is 1. The molecule has 1 heterocycles. The molecule has 0 aliphatic carbocycles. The molecule has 1 aromatic heterocycles. The second kappa shape index (κ2) is 6.60. The molecule has 2 rings (SSSR count). The van der Waals surface area contributed by atoms with Crippen LogP contribution in [-0.2, 0) is 0 Å². The molecule has 4 nitrogen and oxygen atoms in total. The molecule has 0 atom stereocenters. The number of H-pyrrole nitrogens is 1. The number of halogens is 1. The van der Waals surface area contributed by atoms with Gasteiger partial charge in [-0.25, -0.2) is 0 Å². The first-order valence-corrected chi connectivity index (χ1v) is 6.24. The molecule has 20 heavy (non-hydrogen) atoms. The van der Waals surface area contributed by atoms with Gasteiger partial charge in [0.25, 0.3) is 5.91 Å². The molecule has 1 amide bonds. The maximum atomic E-state index is 11.7. The third-order valence-electron chi connectivity index (χ3n) is 2.44. The van der Waals surface area contributed by atoms with Gasteiger partial charge in [-0.05, 0) is 24.3 Å². The summed E-state index contributed by atoms with van der Waals surface area (Å²) < 4.78 is 0. The molecule has 0 bridgehead atoms. The van der Waals surface area contributed by atoms with Gasteiger partial charge in [-0.15, -0.1) is 0 Å². The van der Waals surface area contributed by atoms with Crippen LogP contribution >= 0.6 is 11.6 Å². The zero-order valence-electron chi connectivity index (χ0n) is 10.4. The van der Waals surface area contributed by atoms with Gasteiger partial charge in [-0.2, -0.15) is 0 Å². The monoisotopic (exact) mass is 286 g/mol. The summed E-state index contributed by atoms with van der Waals surface area (Å²) in [4.78, 5) is 25.0. The SMILES string of the molecule is O=C(NCC#Cc1cccc(Cl)c1)c1ccc(=O)[nH]c1. The van der Waals surface area contributed by atoms with E-state index in [0.717, 1.165) is 5.56 Å². The number of pyridine rings is 1. The molecule has 2 aromatic rings. The van der Waals surface area contributed by atoms with Gasteiger partial charge < -0.3 is 10.3 Å². The van der Waals surface area contributed by atoms with Crippen molar-refractivity contribution in [2.24, 2.45) is 0 Å². The highest BCUT2D eigenvalue weighted by atomic mass is 35.5. The number of nitrogens with one attached hydrogen (secondary N) is 2. The summed E-state index contributed by atoms with van der Waals surface area (Å²) in [5.41, 5.74) is 0.923. The first kappa shape index (κ1) is 13.9. The van der Waals surface area contributed by atoms with Crippen LogP contribution in [0, 0.1) is 11.8 Å². The van der Waals surface area contributed by atoms with Crippen LogP contribution in [0.1, 0.15) is 15.9 Å². The van der Waals surface area contributed by atoms with Crippen molar-refractivity contribution < 1.29 is 4.79 Å². The van der Waals surface area contributed by atoms with Crippen LogP contribution in [0.2, 0.25) is 5.02 Å². The zero-order chi connectivity index (χ0) is 14.4. The van der Waals surface area contributed by atoms with Crippen molar-refractivity contribution >= 4 is 17.5 Å². The predicted molar refractivity (Wildman–Crippen MR) is 77.7 cm³/mol. The molecule has 0 aliphatic heterocycles. The number of hydrogen-bond acceptors (Lipinski definition) is 2. The van der Waals surface area contributed by atoms with Crippen LogP contribution in [0.15, 0.2) is 47.4 Å². The minimum absolute atomic E-state index is 0.213. The number of carbonyl (C=O) groups is 1. The summed E-state index contributed by atoms with van der Waals surface area (Å²) in [6.45, 7) is 0.213. The lowest BCUT2D eigenvalue weighted by molar-refractivity contribution is 0.0958. The van der Waals surface area contributed by atoms with Crippen molar-refractivity contribution in [3.05, 3.63) is 69.1 Å². The fraction of sp³-hybridized carbons (Fsp3) is 0.0667. The summed E-state index contributed by atoms with van der Waals surface area (Å²) in [5, 5.41) is 3.26. The zero-order valence-corrected chi connectivity index (χ0v) is 11.2. The van der Waals surface area contributed by atoms with Crippen molar-refractivity contribution in [1.29, 1.82) is 0 Å². The largest absolute Gasteiger partial charge is 0.341 e. The van der Waals surface area contributed by atoms with Crippen molar-refractivity contribution in [3.63, 3.8) is 0 Å². The summed E-state index contributed by atoms with van der Waals surface area (Å²) in [6.07, 6.45) is 1.36. The van der Waals surface area contributed by atoms with E-state index in [4.69, 9.17) is 11.6 Å². The molecule has 0 saturated heterocycles. The molecular weight excluding hydrogens is 276 g/mol. The summed E-state index contributed by atoms with van der Waals surface area (Å²) in [7, 11) is 0. The molecule has 0 saturated carbocycles. The number of aromatic nitrogens is 1. The van der Waals surface area contributed by atoms with E-state index in [1.165, 1.54) is 18.3 Å². The highest BCUT2D eigenvalue weighted by molar-refractivity contribution is 6.30. The fourth-order valence-electron chi connectivity index (χ4n) is 1.49. The fourth-order valence-corrected chi connectivity index (χ4v) is 1.68. The molecule has 0 radical (unpaired) electrons. The Bertz CT molecular complexity index is 721. The standard InChI is InChI=1S/C15H11ClN2O2/c16-13-5-1-3-11(9-13)4-2-8-17-15(20)12-6-7-14(19)18-10-12/h1,3,5-7,9-10H,8H2,(H,17,20)(H,18,19). The summed E-state index contributed by atoms with van der Waals surface area (Å²) in [6, 6.07) is 9.92. The Kier molecular flexibility index (Phi) is 4.59. The lowest BCUT2D eigenvalue weighted by Gasteiger charge is -1.99. The maximum Gasteiger partial charge on any atom is 0.253 e. The Morgan fingerprint density at radius 2 is 2.15 bits per heavy atom. The van der Waals surface area contributed by atoms with Crippen LogP contribution in [0.3, 0.4) is 0 Å². The van der Waals surface area contributed by atoms with Crippen molar-refractivity contribution in [3.8, 4) is 11.8 Å². The molecule has 0 aliphatic rings. The average Bonchev–Trinajstić information content (AvgIpc) is 2.44. The van der Waals surface area contributed by atoms with Gasteiger partial charge in [-0.1, -0.05) is 29.5 Å². The van der Waals surface area contributed by atoms with Crippen LogP contribution in [-0.4, -0.2) is 17.4 Å². The molecule has 0 fully saturated rings. The lowest BCUT2D eigenvalue weighted by atomic mass is 10.2. The second-order valence-corrected chi connectivity index (χ2v) is 4.37. The summed E-state index contributed by atoms with van der Waals surface area (Å²) >= 11 is 5.83. The van der Waals surface area contributed by atoms with Gasteiger partial charge in [0.15, 0.2) is 0 Å². The molecule has 5 heteroatoms. The highest BCUT2D eigenvalue weighted by Gasteiger charge is 2.02. The number of rotatable bonds is 2. The maximum absolute atomic E-state index is 11.7. The normalized spacial score (nSPS) is 9.45. The van der Waals surface area contributed by atoms with Gasteiger partial charge in [0.2, 0.25) is 5.56 Å². The third-order valence-corrected chi connectivity index (χ3v) is 2.68. The van der Waals surface area contributed by atoms with Crippen LogP contribution in [0.4, 0.5) is 0 Å². The Hall–Kier alpha value is -2.51. The van der Waals surface area contributed by atoms with Crippen molar-refractivity contribution in [2.45, 2.75) is 0 Å². The molecule has 100 valence electrons. The van der Waals surface area contributed by atoms with Gasteiger partial charge in [0.05, 0.1) is 12.1 Å². The number of amides is 1. The minimum atomic E-state index is -0.290. The topological polar surface area (TPSA) is 62.0 Å².